The van der Waals surface area contributed by atoms with Crippen LogP contribution in [-0.4, -0.2) is 44.4 Å². The smallest absolute Gasteiger partial charge is 0.325 e. The second kappa shape index (κ2) is 6.98. The highest BCUT2D eigenvalue weighted by Gasteiger charge is 2.52. The minimum Gasteiger partial charge on any atom is -0.325 e. The molecule has 152 valence electrons. The van der Waals surface area contributed by atoms with Crippen LogP contribution < -0.4 is 10.6 Å². The fourth-order valence-corrected chi connectivity index (χ4v) is 4.35. The molecule has 2 aliphatic rings. The number of aromatic nitrogens is 2. The monoisotopic (exact) mass is 403 g/mol. The van der Waals surface area contributed by atoms with Crippen molar-refractivity contribution in [2.24, 2.45) is 0 Å². The van der Waals surface area contributed by atoms with Crippen LogP contribution in [0.2, 0.25) is 0 Å². The summed E-state index contributed by atoms with van der Waals surface area (Å²) in [6, 6.07) is 14.7. The van der Waals surface area contributed by atoms with E-state index < -0.39 is 17.5 Å². The van der Waals surface area contributed by atoms with E-state index in [2.05, 4.69) is 15.6 Å². The molecule has 1 aromatic heterocycles. The van der Waals surface area contributed by atoms with Crippen LogP contribution in [0.3, 0.4) is 0 Å². The maximum atomic E-state index is 12.7. The number of carbonyl (C=O) groups excluding carboxylic acids is 3. The number of hydrogen-bond acceptors (Lipinski definition) is 4. The molecule has 0 atom stereocenters. The number of rotatable bonds is 4. The Labute approximate surface area is 172 Å². The molecule has 30 heavy (non-hydrogen) atoms. The number of fused-ring (bicyclic) bond motifs is 1. The summed E-state index contributed by atoms with van der Waals surface area (Å²) in [5.74, 6) is -0.697. The minimum absolute atomic E-state index is 0.289. The average molecular weight is 403 g/mol. The SMILES string of the molecule is O=C(CN1C(=O)NC2(CCCC2)C1=O)Nc1ccc(-n2cnc3ccccc32)cc1. The molecule has 3 aromatic rings. The topological polar surface area (TPSA) is 96.3 Å². The van der Waals surface area contributed by atoms with Gasteiger partial charge in [-0.15, -0.1) is 0 Å². The number of urea groups is 1. The van der Waals surface area contributed by atoms with Crippen LogP contribution in [0.15, 0.2) is 54.9 Å². The van der Waals surface area contributed by atoms with Crippen LogP contribution >= 0.6 is 0 Å². The van der Waals surface area contributed by atoms with Crippen molar-refractivity contribution in [2.75, 3.05) is 11.9 Å². The summed E-state index contributed by atoms with van der Waals surface area (Å²) in [7, 11) is 0. The van der Waals surface area contributed by atoms with Crippen LogP contribution in [0.25, 0.3) is 16.7 Å². The van der Waals surface area contributed by atoms with Gasteiger partial charge < -0.3 is 10.6 Å². The quantitative estimate of drug-likeness (QED) is 0.655. The average Bonchev–Trinajstić information content (AvgIpc) is 3.44. The van der Waals surface area contributed by atoms with Gasteiger partial charge in [0.2, 0.25) is 5.91 Å². The van der Waals surface area contributed by atoms with Crippen LogP contribution in [0, 0.1) is 0 Å². The molecule has 2 fully saturated rings. The first kappa shape index (κ1) is 18.4. The van der Waals surface area contributed by atoms with Gasteiger partial charge in [0.05, 0.1) is 11.0 Å². The highest BCUT2D eigenvalue weighted by Crippen LogP contribution is 2.34. The number of hydrogen-bond donors (Lipinski definition) is 2. The Morgan fingerprint density at radius 3 is 2.57 bits per heavy atom. The van der Waals surface area contributed by atoms with Gasteiger partial charge in [-0.2, -0.15) is 0 Å². The van der Waals surface area contributed by atoms with E-state index in [0.29, 0.717) is 18.5 Å². The molecule has 0 radical (unpaired) electrons. The summed E-state index contributed by atoms with van der Waals surface area (Å²) >= 11 is 0. The summed E-state index contributed by atoms with van der Waals surface area (Å²) in [4.78, 5) is 42.7. The Bertz CT molecular complexity index is 1150. The lowest BCUT2D eigenvalue weighted by Gasteiger charge is -2.19. The molecule has 5 rings (SSSR count). The van der Waals surface area contributed by atoms with Crippen LogP contribution in [0.1, 0.15) is 25.7 Å². The third-order valence-corrected chi connectivity index (χ3v) is 5.89. The molecule has 8 nitrogen and oxygen atoms in total. The third-order valence-electron chi connectivity index (χ3n) is 5.89. The van der Waals surface area contributed by atoms with Gasteiger partial charge in [0.1, 0.15) is 18.4 Å². The Morgan fingerprint density at radius 1 is 1.07 bits per heavy atom. The second-order valence-corrected chi connectivity index (χ2v) is 7.81. The molecule has 8 heteroatoms. The molecule has 1 aliphatic carbocycles. The van der Waals surface area contributed by atoms with E-state index in [4.69, 9.17) is 0 Å². The molecule has 2 aromatic carbocycles. The molecule has 1 saturated carbocycles. The maximum Gasteiger partial charge on any atom is 0.325 e. The number of amides is 4. The lowest BCUT2D eigenvalue weighted by Crippen LogP contribution is -2.44. The van der Waals surface area contributed by atoms with Crippen LogP contribution in [-0.2, 0) is 9.59 Å². The Morgan fingerprint density at radius 2 is 1.80 bits per heavy atom. The molecule has 4 amide bonds. The molecule has 2 heterocycles. The largest absolute Gasteiger partial charge is 0.325 e. The van der Waals surface area contributed by atoms with E-state index >= 15 is 0 Å². The summed E-state index contributed by atoms with van der Waals surface area (Å²) in [6.07, 6.45) is 4.85. The summed E-state index contributed by atoms with van der Waals surface area (Å²) in [6.45, 7) is -0.291. The third kappa shape index (κ3) is 3.01. The van der Waals surface area contributed by atoms with Gasteiger partial charge >= 0.3 is 6.03 Å². The molecule has 0 unspecified atom stereocenters. The number of nitrogens with zero attached hydrogens (tertiary/aromatic N) is 3. The van der Waals surface area contributed by atoms with Crippen molar-refractivity contribution in [3.8, 4) is 5.69 Å². The fraction of sp³-hybridized carbons (Fsp3) is 0.273. The first-order chi connectivity index (χ1) is 14.6. The molecule has 0 bridgehead atoms. The highest BCUT2D eigenvalue weighted by molar-refractivity contribution is 6.10. The Hall–Kier alpha value is -3.68. The predicted octanol–water partition coefficient (Wildman–Crippen LogP) is 2.83. The van der Waals surface area contributed by atoms with Crippen molar-refractivity contribution in [3.05, 3.63) is 54.9 Å². The van der Waals surface area contributed by atoms with E-state index in [1.807, 2.05) is 41.0 Å². The molecular weight excluding hydrogens is 382 g/mol. The van der Waals surface area contributed by atoms with Gasteiger partial charge in [-0.3, -0.25) is 19.1 Å². The number of imidazole rings is 1. The number of imide groups is 1. The molecular formula is C22H21N5O3. The summed E-state index contributed by atoms with van der Waals surface area (Å²) in [5.41, 5.74) is 2.61. The highest BCUT2D eigenvalue weighted by atomic mass is 16.2. The van der Waals surface area contributed by atoms with E-state index in [1.54, 1.807) is 18.5 Å². The van der Waals surface area contributed by atoms with E-state index in [1.165, 1.54) is 0 Å². The maximum absolute atomic E-state index is 12.7. The van der Waals surface area contributed by atoms with Gasteiger partial charge in [-0.25, -0.2) is 9.78 Å². The van der Waals surface area contributed by atoms with Crippen molar-refractivity contribution in [1.29, 1.82) is 0 Å². The molecule has 1 saturated heterocycles. The van der Waals surface area contributed by atoms with Crippen molar-refractivity contribution in [3.63, 3.8) is 0 Å². The van der Waals surface area contributed by atoms with Crippen LogP contribution in [0.5, 0.6) is 0 Å². The predicted molar refractivity (Wildman–Crippen MR) is 111 cm³/mol. The Kier molecular flexibility index (Phi) is 4.27. The lowest BCUT2D eigenvalue weighted by atomic mass is 9.98. The number of carbonyl (C=O) groups is 3. The zero-order valence-corrected chi connectivity index (χ0v) is 16.3. The van der Waals surface area contributed by atoms with Gasteiger partial charge in [-0.05, 0) is 49.2 Å². The Balaban J connectivity index is 1.27. The van der Waals surface area contributed by atoms with E-state index in [9.17, 15) is 14.4 Å². The molecule has 2 N–H and O–H groups in total. The first-order valence-corrected chi connectivity index (χ1v) is 10.0. The summed E-state index contributed by atoms with van der Waals surface area (Å²) in [5, 5.41) is 5.55. The number of nitrogens with one attached hydrogen (secondary N) is 2. The zero-order valence-electron chi connectivity index (χ0n) is 16.3. The van der Waals surface area contributed by atoms with Crippen molar-refractivity contribution in [2.45, 2.75) is 31.2 Å². The zero-order chi connectivity index (χ0) is 20.7. The normalized spacial score (nSPS) is 17.7. The van der Waals surface area contributed by atoms with Gasteiger partial charge in [0, 0.05) is 11.4 Å². The van der Waals surface area contributed by atoms with Gasteiger partial charge in [-0.1, -0.05) is 25.0 Å². The second-order valence-electron chi connectivity index (χ2n) is 7.81. The number of benzene rings is 2. The van der Waals surface area contributed by atoms with E-state index in [-0.39, 0.29) is 12.5 Å². The van der Waals surface area contributed by atoms with Crippen molar-refractivity contribution < 1.29 is 14.4 Å². The fourth-order valence-electron chi connectivity index (χ4n) is 4.35. The lowest BCUT2D eigenvalue weighted by molar-refractivity contribution is -0.133. The molecule has 1 spiro atoms. The van der Waals surface area contributed by atoms with Crippen molar-refractivity contribution in [1.82, 2.24) is 19.8 Å². The van der Waals surface area contributed by atoms with Crippen LogP contribution in [0.4, 0.5) is 10.5 Å². The first-order valence-electron chi connectivity index (χ1n) is 10.0. The van der Waals surface area contributed by atoms with Gasteiger partial charge in [0.15, 0.2) is 0 Å². The minimum atomic E-state index is -0.799. The number of para-hydroxylation sites is 2. The standard InChI is InChI=1S/C22H21N5O3/c28-19(13-26-20(29)22(25-21(26)30)11-3-4-12-22)24-15-7-9-16(10-8-15)27-14-23-17-5-1-2-6-18(17)27/h1-2,5-10,14H,3-4,11-13H2,(H,24,28)(H,25,30). The van der Waals surface area contributed by atoms with E-state index in [0.717, 1.165) is 34.5 Å². The van der Waals surface area contributed by atoms with Gasteiger partial charge in [0.25, 0.3) is 5.91 Å². The number of anilines is 1. The molecule has 1 aliphatic heterocycles. The summed E-state index contributed by atoms with van der Waals surface area (Å²) < 4.78 is 1.97. The van der Waals surface area contributed by atoms with Crippen molar-refractivity contribution >= 4 is 34.6 Å².